The van der Waals surface area contributed by atoms with E-state index in [0.29, 0.717) is 28.3 Å². The molecule has 130 valence electrons. The number of benzene rings is 1. The summed E-state index contributed by atoms with van der Waals surface area (Å²) in [5, 5.41) is 7.19. The molecule has 0 aliphatic rings. The van der Waals surface area contributed by atoms with Crippen molar-refractivity contribution >= 4 is 23.7 Å². The molecule has 1 aromatic carbocycles. The molecule has 8 nitrogen and oxygen atoms in total. The zero-order valence-corrected chi connectivity index (χ0v) is 14.8. The molecule has 0 fully saturated rings. The Labute approximate surface area is 148 Å². The van der Waals surface area contributed by atoms with Crippen molar-refractivity contribution in [2.75, 3.05) is 24.7 Å². The van der Waals surface area contributed by atoms with E-state index in [0.717, 1.165) is 0 Å². The molecular formula is C15H17FN8S. The van der Waals surface area contributed by atoms with Gasteiger partial charge in [0, 0.05) is 14.1 Å². The van der Waals surface area contributed by atoms with E-state index in [1.54, 1.807) is 23.1 Å². The van der Waals surface area contributed by atoms with Gasteiger partial charge in [0.15, 0.2) is 5.82 Å². The number of nitrogen functional groups attached to an aromatic ring is 1. The number of hydrogen-bond donors (Lipinski definition) is 2. The summed E-state index contributed by atoms with van der Waals surface area (Å²) in [6.07, 6.45) is 0. The van der Waals surface area contributed by atoms with E-state index in [4.69, 9.17) is 5.73 Å². The van der Waals surface area contributed by atoms with Crippen LogP contribution >= 0.6 is 11.8 Å². The Balaban J connectivity index is 1.80. The highest BCUT2D eigenvalue weighted by Gasteiger charge is 2.18. The summed E-state index contributed by atoms with van der Waals surface area (Å²) in [6, 6.07) is 6.39. The Hall–Kier alpha value is -2.75. The summed E-state index contributed by atoms with van der Waals surface area (Å²) in [5.74, 6) is 1.18. The molecule has 1 atom stereocenters. The summed E-state index contributed by atoms with van der Waals surface area (Å²) in [6.45, 7) is 1.91. The first kappa shape index (κ1) is 17.1. The minimum atomic E-state index is -0.357. The number of anilines is 2. The number of aromatic nitrogens is 6. The number of rotatable bonds is 5. The SMILES string of the molecule is CC(Sc1n[nH]c(-c2ccccc2F)n1)c1nc(N)nc(N(C)C)n1. The average Bonchev–Trinajstić information content (AvgIpc) is 3.02. The van der Waals surface area contributed by atoms with Gasteiger partial charge in [0.2, 0.25) is 17.1 Å². The van der Waals surface area contributed by atoms with Gasteiger partial charge in [-0.15, -0.1) is 5.10 Å². The first-order valence-corrected chi connectivity index (χ1v) is 8.34. The summed E-state index contributed by atoms with van der Waals surface area (Å²) in [4.78, 5) is 18.7. The molecule has 3 aromatic rings. The van der Waals surface area contributed by atoms with Crippen LogP contribution in [-0.2, 0) is 0 Å². The van der Waals surface area contributed by atoms with Crippen LogP contribution in [0.15, 0.2) is 29.4 Å². The van der Waals surface area contributed by atoms with Gasteiger partial charge >= 0.3 is 0 Å². The molecule has 2 heterocycles. The molecule has 0 aliphatic heterocycles. The fraction of sp³-hybridized carbons (Fsp3) is 0.267. The molecule has 0 aliphatic carbocycles. The minimum absolute atomic E-state index is 0.156. The van der Waals surface area contributed by atoms with Crippen molar-refractivity contribution in [3.05, 3.63) is 35.9 Å². The van der Waals surface area contributed by atoms with Gasteiger partial charge in [-0.25, -0.2) is 9.37 Å². The summed E-state index contributed by atoms with van der Waals surface area (Å²) in [7, 11) is 3.65. The third kappa shape index (κ3) is 3.85. The van der Waals surface area contributed by atoms with Crippen molar-refractivity contribution in [3.8, 4) is 11.4 Å². The fourth-order valence-electron chi connectivity index (χ4n) is 2.06. The second kappa shape index (κ2) is 7.01. The van der Waals surface area contributed by atoms with E-state index in [2.05, 4.69) is 30.1 Å². The Kier molecular flexibility index (Phi) is 4.79. The maximum absolute atomic E-state index is 13.8. The number of thioether (sulfide) groups is 1. The molecule has 0 bridgehead atoms. The second-order valence-corrected chi connectivity index (χ2v) is 6.76. The zero-order valence-electron chi connectivity index (χ0n) is 13.9. The maximum Gasteiger partial charge on any atom is 0.229 e. The molecule has 0 saturated heterocycles. The average molecular weight is 360 g/mol. The van der Waals surface area contributed by atoms with E-state index >= 15 is 0 Å². The number of nitrogens with zero attached hydrogens (tertiary/aromatic N) is 6. The van der Waals surface area contributed by atoms with Crippen molar-refractivity contribution in [1.82, 2.24) is 30.1 Å². The van der Waals surface area contributed by atoms with E-state index in [1.165, 1.54) is 17.8 Å². The van der Waals surface area contributed by atoms with Crippen LogP contribution in [0.2, 0.25) is 0 Å². The lowest BCUT2D eigenvalue weighted by Gasteiger charge is -2.13. The topological polar surface area (TPSA) is 110 Å². The van der Waals surface area contributed by atoms with Gasteiger partial charge in [-0.3, -0.25) is 5.10 Å². The summed E-state index contributed by atoms with van der Waals surface area (Å²) >= 11 is 1.34. The van der Waals surface area contributed by atoms with Crippen LogP contribution < -0.4 is 10.6 Å². The fourth-order valence-corrected chi connectivity index (χ4v) is 2.83. The highest BCUT2D eigenvalue weighted by molar-refractivity contribution is 7.99. The van der Waals surface area contributed by atoms with E-state index in [-0.39, 0.29) is 17.0 Å². The van der Waals surface area contributed by atoms with E-state index in [9.17, 15) is 4.39 Å². The molecule has 0 amide bonds. The second-order valence-electron chi connectivity index (χ2n) is 5.45. The molecule has 1 unspecified atom stereocenters. The third-order valence-electron chi connectivity index (χ3n) is 3.30. The first-order chi connectivity index (χ1) is 11.9. The molecular weight excluding hydrogens is 343 g/mol. The van der Waals surface area contributed by atoms with Crippen LogP contribution in [0.25, 0.3) is 11.4 Å². The van der Waals surface area contributed by atoms with Gasteiger partial charge in [0.1, 0.15) is 11.6 Å². The molecule has 0 saturated carbocycles. The van der Waals surface area contributed by atoms with Gasteiger partial charge < -0.3 is 10.6 Å². The van der Waals surface area contributed by atoms with Crippen LogP contribution in [0.1, 0.15) is 18.0 Å². The number of nitrogens with one attached hydrogen (secondary N) is 1. The lowest BCUT2D eigenvalue weighted by Crippen LogP contribution is -2.16. The predicted molar refractivity (Wildman–Crippen MR) is 94.6 cm³/mol. The zero-order chi connectivity index (χ0) is 18.0. The Morgan fingerprint density at radius 1 is 1.16 bits per heavy atom. The van der Waals surface area contributed by atoms with Gasteiger partial charge in [-0.05, 0) is 19.1 Å². The van der Waals surface area contributed by atoms with Crippen molar-refractivity contribution in [2.24, 2.45) is 0 Å². The van der Waals surface area contributed by atoms with Crippen LogP contribution in [0.3, 0.4) is 0 Å². The van der Waals surface area contributed by atoms with Gasteiger partial charge in [-0.1, -0.05) is 23.9 Å². The van der Waals surface area contributed by atoms with Gasteiger partial charge in [0.05, 0.1) is 10.8 Å². The molecule has 3 rings (SSSR count). The normalized spacial score (nSPS) is 12.2. The van der Waals surface area contributed by atoms with Crippen molar-refractivity contribution in [1.29, 1.82) is 0 Å². The maximum atomic E-state index is 13.8. The Bertz CT molecular complexity index is 881. The number of H-pyrrole nitrogens is 1. The monoisotopic (exact) mass is 360 g/mol. The van der Waals surface area contributed by atoms with Crippen LogP contribution in [0.5, 0.6) is 0 Å². The van der Waals surface area contributed by atoms with Crippen LogP contribution in [0, 0.1) is 5.82 Å². The third-order valence-corrected chi connectivity index (χ3v) is 4.26. The molecule has 0 radical (unpaired) electrons. The molecule has 0 spiro atoms. The van der Waals surface area contributed by atoms with E-state index < -0.39 is 0 Å². The lowest BCUT2D eigenvalue weighted by molar-refractivity contribution is 0.630. The number of hydrogen-bond acceptors (Lipinski definition) is 8. The van der Waals surface area contributed by atoms with Gasteiger partial charge in [-0.2, -0.15) is 15.0 Å². The highest BCUT2D eigenvalue weighted by Crippen LogP contribution is 2.32. The standard InChI is InChI=1S/C15H17FN8S/c1-8(11-18-13(17)21-14(19-11)24(2)3)25-15-20-12(22-23-15)9-6-4-5-7-10(9)16/h4-8H,1-3H3,(H,20,22,23)(H2,17,18,19,21). The molecule has 10 heteroatoms. The van der Waals surface area contributed by atoms with Gasteiger partial charge in [0.25, 0.3) is 0 Å². The largest absolute Gasteiger partial charge is 0.368 e. The van der Waals surface area contributed by atoms with E-state index in [1.807, 2.05) is 21.0 Å². The van der Waals surface area contributed by atoms with Crippen molar-refractivity contribution in [2.45, 2.75) is 17.3 Å². The van der Waals surface area contributed by atoms with Crippen LogP contribution in [0.4, 0.5) is 16.3 Å². The number of aromatic amines is 1. The number of nitrogens with two attached hydrogens (primary N) is 1. The van der Waals surface area contributed by atoms with Crippen molar-refractivity contribution < 1.29 is 4.39 Å². The Morgan fingerprint density at radius 3 is 2.64 bits per heavy atom. The quantitative estimate of drug-likeness (QED) is 0.667. The predicted octanol–water partition coefficient (Wildman–Crippen LogP) is 2.30. The van der Waals surface area contributed by atoms with Crippen molar-refractivity contribution in [3.63, 3.8) is 0 Å². The smallest absolute Gasteiger partial charge is 0.229 e. The Morgan fingerprint density at radius 2 is 1.92 bits per heavy atom. The molecule has 25 heavy (non-hydrogen) atoms. The summed E-state index contributed by atoms with van der Waals surface area (Å²) < 4.78 is 13.8. The van der Waals surface area contributed by atoms with Crippen LogP contribution in [-0.4, -0.2) is 44.2 Å². The highest BCUT2D eigenvalue weighted by atomic mass is 32.2. The first-order valence-electron chi connectivity index (χ1n) is 7.46. The number of halogens is 1. The minimum Gasteiger partial charge on any atom is -0.368 e. The summed E-state index contributed by atoms with van der Waals surface area (Å²) in [5.41, 5.74) is 6.12. The molecule has 3 N–H and O–H groups in total. The molecule has 2 aromatic heterocycles. The lowest BCUT2D eigenvalue weighted by atomic mass is 10.2.